The molecule has 96 valence electrons. The normalized spacial score (nSPS) is 10.2. The van der Waals surface area contributed by atoms with Gasteiger partial charge in [-0.05, 0) is 25.1 Å². The van der Waals surface area contributed by atoms with Gasteiger partial charge in [0.25, 0.3) is 0 Å². The van der Waals surface area contributed by atoms with Crippen LogP contribution in [-0.2, 0) is 15.7 Å². The molecule has 0 saturated carbocycles. The number of halogens is 3. The molecule has 0 saturated heterocycles. The molecule has 0 spiro atoms. The number of aromatic hydroxyl groups is 1. The molecule has 17 heavy (non-hydrogen) atoms. The van der Waals surface area contributed by atoms with Crippen molar-refractivity contribution in [3.05, 3.63) is 29.8 Å². The van der Waals surface area contributed by atoms with E-state index in [9.17, 15) is 18.0 Å². The fourth-order valence-corrected chi connectivity index (χ4v) is 0.886. The molecule has 0 amide bonds. The molecular formula is C11H13F3O3. The van der Waals surface area contributed by atoms with Gasteiger partial charge >= 0.3 is 12.1 Å². The van der Waals surface area contributed by atoms with Gasteiger partial charge in [-0.3, -0.25) is 4.79 Å². The van der Waals surface area contributed by atoms with Crippen molar-refractivity contribution in [3.63, 3.8) is 0 Å². The summed E-state index contributed by atoms with van der Waals surface area (Å²) in [5, 5.41) is 8.68. The summed E-state index contributed by atoms with van der Waals surface area (Å²) in [5.74, 6) is -0.586. The van der Waals surface area contributed by atoms with Gasteiger partial charge in [-0.15, -0.1) is 0 Å². The first-order valence-corrected chi connectivity index (χ1v) is 4.77. The molecule has 1 rings (SSSR count). The van der Waals surface area contributed by atoms with Crippen molar-refractivity contribution in [2.45, 2.75) is 20.0 Å². The molecule has 0 atom stereocenters. The van der Waals surface area contributed by atoms with E-state index in [0.717, 1.165) is 12.1 Å². The van der Waals surface area contributed by atoms with E-state index in [1.165, 1.54) is 13.0 Å². The van der Waals surface area contributed by atoms with E-state index in [4.69, 9.17) is 5.11 Å². The van der Waals surface area contributed by atoms with Crippen molar-refractivity contribution in [1.29, 1.82) is 0 Å². The van der Waals surface area contributed by atoms with Crippen LogP contribution in [0.1, 0.15) is 19.4 Å². The maximum atomic E-state index is 11.9. The number of hydrogen-bond donors (Lipinski definition) is 1. The quantitative estimate of drug-likeness (QED) is 0.779. The maximum absolute atomic E-state index is 11.9. The lowest BCUT2D eigenvalue weighted by Crippen LogP contribution is -2.03. The van der Waals surface area contributed by atoms with Crippen molar-refractivity contribution in [2.24, 2.45) is 0 Å². The SMILES string of the molecule is CCOC(C)=O.Oc1cccc(C(F)(F)F)c1. The van der Waals surface area contributed by atoms with E-state index in [1.807, 2.05) is 0 Å². The van der Waals surface area contributed by atoms with Crippen molar-refractivity contribution in [1.82, 2.24) is 0 Å². The number of esters is 1. The predicted octanol–water partition coefficient (Wildman–Crippen LogP) is 2.98. The number of phenolic OH excluding ortho intramolecular Hbond substituents is 1. The van der Waals surface area contributed by atoms with Crippen LogP contribution in [0, 0.1) is 0 Å². The molecule has 6 heteroatoms. The second kappa shape index (κ2) is 6.78. The zero-order chi connectivity index (χ0) is 13.5. The Balaban J connectivity index is 0.000000366. The number of rotatable bonds is 1. The van der Waals surface area contributed by atoms with E-state index >= 15 is 0 Å². The Labute approximate surface area is 96.8 Å². The minimum Gasteiger partial charge on any atom is -0.508 e. The fraction of sp³-hybridized carbons (Fsp3) is 0.364. The molecule has 3 nitrogen and oxygen atoms in total. The third-order valence-corrected chi connectivity index (χ3v) is 1.52. The summed E-state index contributed by atoms with van der Waals surface area (Å²) < 4.78 is 40.0. The summed E-state index contributed by atoms with van der Waals surface area (Å²) in [7, 11) is 0. The Bertz CT molecular complexity index is 361. The zero-order valence-electron chi connectivity index (χ0n) is 9.41. The van der Waals surface area contributed by atoms with Crippen LogP contribution < -0.4 is 0 Å². The predicted molar refractivity (Wildman–Crippen MR) is 55.4 cm³/mol. The fourth-order valence-electron chi connectivity index (χ4n) is 0.886. The lowest BCUT2D eigenvalue weighted by Gasteiger charge is -2.05. The maximum Gasteiger partial charge on any atom is 0.416 e. The van der Waals surface area contributed by atoms with Gasteiger partial charge in [0.15, 0.2) is 0 Å². The highest BCUT2D eigenvalue weighted by molar-refractivity contribution is 5.65. The number of alkyl halides is 3. The third kappa shape index (κ3) is 7.21. The molecule has 0 bridgehead atoms. The Hall–Kier alpha value is -1.72. The number of benzene rings is 1. The first-order valence-electron chi connectivity index (χ1n) is 4.77. The van der Waals surface area contributed by atoms with Gasteiger partial charge in [-0.2, -0.15) is 13.2 Å². The van der Waals surface area contributed by atoms with Gasteiger partial charge in [0.2, 0.25) is 0 Å². The molecule has 0 heterocycles. The highest BCUT2D eigenvalue weighted by Gasteiger charge is 2.30. The third-order valence-electron chi connectivity index (χ3n) is 1.52. The number of carbonyl (C=O) groups is 1. The van der Waals surface area contributed by atoms with Crippen molar-refractivity contribution in [2.75, 3.05) is 6.61 Å². The van der Waals surface area contributed by atoms with Crippen molar-refractivity contribution < 1.29 is 27.8 Å². The van der Waals surface area contributed by atoms with Gasteiger partial charge in [-0.1, -0.05) is 6.07 Å². The van der Waals surface area contributed by atoms with Crippen molar-refractivity contribution in [3.8, 4) is 5.75 Å². The Morgan fingerprint density at radius 1 is 1.41 bits per heavy atom. The summed E-state index contributed by atoms with van der Waals surface area (Å²) in [6.45, 7) is 3.65. The highest BCUT2D eigenvalue weighted by atomic mass is 19.4. The average Bonchev–Trinajstić information content (AvgIpc) is 2.17. The topological polar surface area (TPSA) is 46.5 Å². The molecule has 1 N–H and O–H groups in total. The molecule has 0 aliphatic rings. The van der Waals surface area contributed by atoms with Gasteiger partial charge in [0.05, 0.1) is 12.2 Å². The van der Waals surface area contributed by atoms with Crippen LogP contribution in [0.5, 0.6) is 5.75 Å². The summed E-state index contributed by atoms with van der Waals surface area (Å²) in [5.41, 5.74) is -0.836. The smallest absolute Gasteiger partial charge is 0.416 e. The molecule has 0 aliphatic carbocycles. The zero-order valence-corrected chi connectivity index (χ0v) is 9.41. The standard InChI is InChI=1S/C7H5F3O.C4H8O2/c8-7(9,10)5-2-1-3-6(11)4-5;1-3-6-4(2)5/h1-4,11H;3H2,1-2H3. The number of carbonyl (C=O) groups excluding carboxylic acids is 1. The van der Waals surface area contributed by atoms with E-state index in [0.29, 0.717) is 12.7 Å². The molecule has 0 aromatic heterocycles. The summed E-state index contributed by atoms with van der Waals surface area (Å²) in [4.78, 5) is 9.82. The first-order chi connectivity index (χ1) is 7.77. The Kier molecular flexibility index (Phi) is 6.09. The number of hydrogen-bond acceptors (Lipinski definition) is 3. The molecule has 0 fully saturated rings. The van der Waals surface area contributed by atoms with Crippen LogP contribution in [0.25, 0.3) is 0 Å². The van der Waals surface area contributed by atoms with Crippen LogP contribution in [0.15, 0.2) is 24.3 Å². The van der Waals surface area contributed by atoms with Gasteiger partial charge in [0, 0.05) is 6.92 Å². The minimum atomic E-state index is -4.38. The average molecular weight is 250 g/mol. The second-order valence-corrected chi connectivity index (χ2v) is 2.97. The lowest BCUT2D eigenvalue weighted by molar-refractivity contribution is -0.140. The molecular weight excluding hydrogens is 237 g/mol. The van der Waals surface area contributed by atoms with Crippen LogP contribution in [-0.4, -0.2) is 17.7 Å². The van der Waals surface area contributed by atoms with E-state index in [-0.39, 0.29) is 11.7 Å². The molecule has 0 aliphatic heterocycles. The number of phenols is 1. The van der Waals surface area contributed by atoms with Crippen LogP contribution in [0.4, 0.5) is 13.2 Å². The number of ether oxygens (including phenoxy) is 1. The van der Waals surface area contributed by atoms with Gasteiger partial charge < -0.3 is 9.84 Å². The van der Waals surface area contributed by atoms with Gasteiger partial charge in [0.1, 0.15) is 5.75 Å². The molecule has 0 unspecified atom stereocenters. The van der Waals surface area contributed by atoms with E-state index < -0.39 is 11.7 Å². The molecule has 1 aromatic rings. The Morgan fingerprint density at radius 3 is 2.24 bits per heavy atom. The molecule has 1 aromatic carbocycles. The van der Waals surface area contributed by atoms with Crippen molar-refractivity contribution >= 4 is 5.97 Å². The summed E-state index contributed by atoms with van der Waals surface area (Å²) in [6, 6.07) is 3.92. The monoisotopic (exact) mass is 250 g/mol. The highest BCUT2D eigenvalue weighted by Crippen LogP contribution is 2.30. The minimum absolute atomic E-state index is 0.211. The van der Waals surface area contributed by atoms with Crippen LogP contribution >= 0.6 is 0 Å². The Morgan fingerprint density at radius 2 is 2.00 bits per heavy atom. The summed E-state index contributed by atoms with van der Waals surface area (Å²) in [6.07, 6.45) is -4.38. The largest absolute Gasteiger partial charge is 0.508 e. The van der Waals surface area contributed by atoms with Gasteiger partial charge in [-0.25, -0.2) is 0 Å². The van der Waals surface area contributed by atoms with E-state index in [1.54, 1.807) is 6.92 Å². The lowest BCUT2D eigenvalue weighted by atomic mass is 10.2. The van der Waals surface area contributed by atoms with Crippen LogP contribution in [0.2, 0.25) is 0 Å². The van der Waals surface area contributed by atoms with E-state index in [2.05, 4.69) is 4.74 Å². The second-order valence-electron chi connectivity index (χ2n) is 2.97. The molecule has 0 radical (unpaired) electrons. The first kappa shape index (κ1) is 15.3. The van der Waals surface area contributed by atoms with Crippen LogP contribution in [0.3, 0.4) is 0 Å². The summed E-state index contributed by atoms with van der Waals surface area (Å²) >= 11 is 0.